The Hall–Kier alpha value is -3.25. The molecule has 4 nitrogen and oxygen atoms in total. The van der Waals surface area contributed by atoms with Crippen molar-refractivity contribution in [1.82, 2.24) is 10.2 Å². The van der Waals surface area contributed by atoms with Crippen LogP contribution in [0.2, 0.25) is 0 Å². The number of fused-ring (bicyclic) bond motifs is 1. The quantitative estimate of drug-likeness (QED) is 0.781. The number of hydrogen-bond acceptors (Lipinski definition) is 3. The average molecular weight is 393 g/mol. The minimum Gasteiger partial charge on any atom is -0.354 e. The van der Waals surface area contributed by atoms with Crippen molar-refractivity contribution in [2.24, 2.45) is 0 Å². The van der Waals surface area contributed by atoms with Gasteiger partial charge in [0.25, 0.3) is 0 Å². The molecule has 2 aromatic carbocycles. The molecule has 0 saturated carbocycles. The fraction of sp³-hybridized carbons (Fsp3) is 0.174. The van der Waals surface area contributed by atoms with Crippen LogP contribution in [0.4, 0.5) is 14.5 Å². The van der Waals surface area contributed by atoms with Crippen molar-refractivity contribution in [3.8, 4) is 0 Å². The van der Waals surface area contributed by atoms with Crippen molar-refractivity contribution in [2.45, 2.75) is 19.1 Å². The first-order valence-electron chi connectivity index (χ1n) is 9.46. The van der Waals surface area contributed by atoms with E-state index >= 15 is 0 Å². The Balaban J connectivity index is 1.34. The van der Waals surface area contributed by atoms with E-state index in [0.29, 0.717) is 25.1 Å². The van der Waals surface area contributed by atoms with Crippen LogP contribution in [0.1, 0.15) is 16.7 Å². The standard InChI is InChI=1S/C23H21F2N3O/c24-19-9-7-17(12-20(19)25)15-28-11-2-1-5-22(28)26-10-3-4-16-6-8-18-14-23(29)27-21(18)13-16/h1-9,11-13,22,26H,10,14-15H2,(H,27,29)/b4-3+. The van der Waals surface area contributed by atoms with Crippen LogP contribution in [0.3, 0.4) is 0 Å². The van der Waals surface area contributed by atoms with Crippen LogP contribution in [-0.4, -0.2) is 23.5 Å². The van der Waals surface area contributed by atoms with Crippen molar-refractivity contribution in [2.75, 3.05) is 11.9 Å². The molecule has 4 rings (SSSR count). The summed E-state index contributed by atoms with van der Waals surface area (Å²) in [4.78, 5) is 13.5. The summed E-state index contributed by atoms with van der Waals surface area (Å²) in [5.74, 6) is -1.65. The lowest BCUT2D eigenvalue weighted by Gasteiger charge is -2.31. The molecule has 0 spiro atoms. The number of rotatable bonds is 6. The molecule has 148 valence electrons. The topological polar surface area (TPSA) is 44.4 Å². The van der Waals surface area contributed by atoms with Crippen molar-refractivity contribution in [3.05, 3.63) is 95.2 Å². The minimum absolute atomic E-state index is 0.0288. The predicted molar refractivity (Wildman–Crippen MR) is 110 cm³/mol. The molecule has 1 atom stereocenters. The number of nitrogens with one attached hydrogen (secondary N) is 2. The van der Waals surface area contributed by atoms with Crippen LogP contribution in [0.25, 0.3) is 6.08 Å². The maximum Gasteiger partial charge on any atom is 0.228 e. The third-order valence-corrected chi connectivity index (χ3v) is 4.90. The summed E-state index contributed by atoms with van der Waals surface area (Å²) in [6.45, 7) is 1.09. The fourth-order valence-corrected chi connectivity index (χ4v) is 3.44. The van der Waals surface area contributed by atoms with E-state index in [1.807, 2.05) is 59.7 Å². The lowest BCUT2D eigenvalue weighted by Crippen LogP contribution is -2.42. The molecule has 1 amide bonds. The highest BCUT2D eigenvalue weighted by atomic mass is 19.2. The van der Waals surface area contributed by atoms with E-state index in [1.54, 1.807) is 6.07 Å². The van der Waals surface area contributed by atoms with Crippen molar-refractivity contribution in [1.29, 1.82) is 0 Å². The zero-order chi connectivity index (χ0) is 20.2. The van der Waals surface area contributed by atoms with Gasteiger partial charge in [-0.2, -0.15) is 0 Å². The molecule has 0 aromatic heterocycles. The summed E-state index contributed by atoms with van der Waals surface area (Å²) in [7, 11) is 0. The summed E-state index contributed by atoms with van der Waals surface area (Å²) < 4.78 is 26.6. The molecule has 2 aliphatic heterocycles. The molecule has 2 heterocycles. The van der Waals surface area contributed by atoms with Gasteiger partial charge in [0.15, 0.2) is 11.6 Å². The first-order valence-corrected chi connectivity index (χ1v) is 9.46. The average Bonchev–Trinajstić information content (AvgIpc) is 3.08. The van der Waals surface area contributed by atoms with E-state index in [2.05, 4.69) is 10.6 Å². The number of allylic oxidation sites excluding steroid dienone is 2. The van der Waals surface area contributed by atoms with Gasteiger partial charge in [-0.3, -0.25) is 10.1 Å². The highest BCUT2D eigenvalue weighted by Crippen LogP contribution is 2.24. The van der Waals surface area contributed by atoms with Crippen LogP contribution in [0.5, 0.6) is 0 Å². The summed E-state index contributed by atoms with van der Waals surface area (Å²) in [6.07, 6.45) is 12.2. The van der Waals surface area contributed by atoms with Gasteiger partial charge in [-0.1, -0.05) is 36.4 Å². The molecule has 0 aliphatic carbocycles. The molecule has 0 saturated heterocycles. The van der Waals surface area contributed by atoms with Crippen molar-refractivity contribution in [3.63, 3.8) is 0 Å². The fourth-order valence-electron chi connectivity index (χ4n) is 3.44. The summed E-state index contributed by atoms with van der Waals surface area (Å²) >= 11 is 0. The highest BCUT2D eigenvalue weighted by Gasteiger charge is 2.17. The lowest BCUT2D eigenvalue weighted by molar-refractivity contribution is -0.115. The van der Waals surface area contributed by atoms with Gasteiger partial charge in [0.2, 0.25) is 5.91 Å². The Morgan fingerprint density at radius 2 is 2.03 bits per heavy atom. The Morgan fingerprint density at radius 3 is 2.90 bits per heavy atom. The molecule has 29 heavy (non-hydrogen) atoms. The molecule has 2 aromatic rings. The van der Waals surface area contributed by atoms with Crippen LogP contribution < -0.4 is 10.6 Å². The normalized spacial score (nSPS) is 17.8. The first kappa shape index (κ1) is 19.1. The third kappa shape index (κ3) is 4.60. The van der Waals surface area contributed by atoms with E-state index in [1.165, 1.54) is 6.07 Å². The highest BCUT2D eigenvalue weighted by molar-refractivity contribution is 5.99. The number of amides is 1. The van der Waals surface area contributed by atoms with E-state index in [4.69, 9.17) is 0 Å². The molecule has 1 unspecified atom stereocenters. The summed E-state index contributed by atoms with van der Waals surface area (Å²) in [5.41, 5.74) is 3.62. The van der Waals surface area contributed by atoms with Gasteiger partial charge in [-0.05, 0) is 47.0 Å². The second-order valence-electron chi connectivity index (χ2n) is 7.04. The van der Waals surface area contributed by atoms with E-state index in [9.17, 15) is 13.6 Å². The zero-order valence-electron chi connectivity index (χ0n) is 15.7. The maximum atomic E-state index is 13.5. The molecule has 2 aliphatic rings. The van der Waals surface area contributed by atoms with Gasteiger partial charge < -0.3 is 10.2 Å². The molecular weight excluding hydrogens is 372 g/mol. The van der Waals surface area contributed by atoms with Crippen molar-refractivity contribution < 1.29 is 13.6 Å². The molecule has 6 heteroatoms. The third-order valence-electron chi connectivity index (χ3n) is 4.90. The van der Waals surface area contributed by atoms with E-state index in [0.717, 1.165) is 22.9 Å². The monoisotopic (exact) mass is 393 g/mol. The van der Waals surface area contributed by atoms with Crippen LogP contribution in [-0.2, 0) is 17.8 Å². The van der Waals surface area contributed by atoms with Gasteiger partial charge in [0.1, 0.15) is 0 Å². The Labute approximate surface area is 168 Å². The zero-order valence-corrected chi connectivity index (χ0v) is 15.7. The lowest BCUT2D eigenvalue weighted by atomic mass is 10.1. The van der Waals surface area contributed by atoms with Gasteiger partial charge in [0, 0.05) is 25.0 Å². The Kier molecular flexibility index (Phi) is 5.53. The van der Waals surface area contributed by atoms with Crippen LogP contribution in [0, 0.1) is 11.6 Å². The van der Waals surface area contributed by atoms with Gasteiger partial charge in [-0.25, -0.2) is 8.78 Å². The molecule has 0 bridgehead atoms. The number of nitrogens with zero attached hydrogens (tertiary/aromatic N) is 1. The number of hydrogen-bond donors (Lipinski definition) is 2. The minimum atomic E-state index is -0.839. The van der Waals surface area contributed by atoms with Crippen molar-refractivity contribution >= 4 is 17.7 Å². The molecule has 0 fully saturated rings. The second kappa shape index (κ2) is 8.41. The van der Waals surface area contributed by atoms with Crippen LogP contribution in [0.15, 0.2) is 66.9 Å². The SMILES string of the molecule is O=C1Cc2ccc(/C=C/CNC3C=CC=CN3Cc3ccc(F)c(F)c3)cc2N1. The largest absolute Gasteiger partial charge is 0.354 e. The first-order chi connectivity index (χ1) is 14.1. The number of carbonyl (C=O) groups is 1. The number of benzene rings is 2. The maximum absolute atomic E-state index is 13.5. The Morgan fingerprint density at radius 1 is 1.14 bits per heavy atom. The van der Waals surface area contributed by atoms with E-state index < -0.39 is 11.6 Å². The van der Waals surface area contributed by atoms with Crippen LogP contribution >= 0.6 is 0 Å². The van der Waals surface area contributed by atoms with Gasteiger partial charge in [0.05, 0.1) is 12.6 Å². The van der Waals surface area contributed by atoms with E-state index in [-0.39, 0.29) is 12.1 Å². The summed E-state index contributed by atoms with van der Waals surface area (Å²) in [6, 6.07) is 9.90. The molecule has 2 N–H and O–H groups in total. The van der Waals surface area contributed by atoms with Gasteiger partial charge >= 0.3 is 0 Å². The van der Waals surface area contributed by atoms with Gasteiger partial charge in [-0.15, -0.1) is 0 Å². The predicted octanol–water partition coefficient (Wildman–Crippen LogP) is 3.97. The summed E-state index contributed by atoms with van der Waals surface area (Å²) in [5, 5.41) is 6.27. The number of anilines is 1. The number of halogens is 2. The second-order valence-corrected chi connectivity index (χ2v) is 7.04. The molecular formula is C23H21F2N3O. The molecule has 0 radical (unpaired) electrons. The smallest absolute Gasteiger partial charge is 0.228 e. The Bertz CT molecular complexity index is 1010. The number of carbonyl (C=O) groups excluding carboxylic acids is 1.